The Hall–Kier alpha value is -2.19. The Morgan fingerprint density at radius 3 is 2.68 bits per heavy atom. The van der Waals surface area contributed by atoms with Gasteiger partial charge in [0.2, 0.25) is 5.91 Å². The van der Waals surface area contributed by atoms with Crippen molar-refractivity contribution in [3.8, 4) is 0 Å². The van der Waals surface area contributed by atoms with Crippen molar-refractivity contribution in [2.45, 2.75) is 12.1 Å². The van der Waals surface area contributed by atoms with E-state index in [0.29, 0.717) is 22.0 Å². The maximum Gasteiger partial charge on any atom is 0.416 e. The first-order valence-electron chi connectivity index (χ1n) is 8.78. The van der Waals surface area contributed by atoms with E-state index >= 15 is 0 Å². The van der Waals surface area contributed by atoms with Gasteiger partial charge < -0.3 is 10.2 Å². The second-order valence-corrected chi connectivity index (χ2v) is 9.14. The molecule has 0 saturated heterocycles. The van der Waals surface area contributed by atoms with E-state index in [1.165, 1.54) is 11.3 Å². The largest absolute Gasteiger partial charge is 0.416 e. The lowest BCUT2D eigenvalue weighted by Crippen LogP contribution is -2.26. The second kappa shape index (κ2) is 9.53. The third-order valence-electron chi connectivity index (χ3n) is 4.38. The summed E-state index contributed by atoms with van der Waals surface area (Å²) in [6.45, 7) is 0. The summed E-state index contributed by atoms with van der Waals surface area (Å²) in [5.41, 5.74) is -0.740. The minimum atomic E-state index is -4.71. The molecule has 0 bridgehead atoms. The van der Waals surface area contributed by atoms with Crippen LogP contribution in [-0.4, -0.2) is 17.0 Å². The molecule has 0 spiro atoms. The average molecular weight is 492 g/mol. The molecule has 0 fully saturated rings. The Morgan fingerprint density at radius 1 is 1.26 bits per heavy atom. The van der Waals surface area contributed by atoms with Gasteiger partial charge in [0.05, 0.1) is 11.5 Å². The predicted molar refractivity (Wildman–Crippen MR) is 114 cm³/mol. The number of fused-ring (bicyclic) bond motifs is 1. The molecule has 1 amide bonds. The van der Waals surface area contributed by atoms with Gasteiger partial charge in [0.25, 0.3) is 0 Å². The van der Waals surface area contributed by atoms with E-state index in [4.69, 9.17) is 11.6 Å². The van der Waals surface area contributed by atoms with Crippen molar-refractivity contribution >= 4 is 53.0 Å². The Kier molecular flexibility index (Phi) is 7.21. The third kappa shape index (κ3) is 5.95. The first-order valence-corrected chi connectivity index (χ1v) is 11.6. The molecule has 2 unspecified atom stereocenters. The minimum Gasteiger partial charge on any atom is -0.346 e. The quantitative estimate of drug-likeness (QED) is 0.326. The third-order valence-corrected chi connectivity index (χ3v) is 6.36. The summed E-state index contributed by atoms with van der Waals surface area (Å²) in [5.74, 6) is -2.68. The van der Waals surface area contributed by atoms with Crippen LogP contribution in [0.4, 0.5) is 17.6 Å². The highest BCUT2D eigenvalue weighted by atomic mass is 35.5. The van der Waals surface area contributed by atoms with Crippen LogP contribution in [0.1, 0.15) is 22.6 Å². The maximum atomic E-state index is 13.5. The van der Waals surface area contributed by atoms with E-state index in [1.54, 1.807) is 23.6 Å². The highest BCUT2D eigenvalue weighted by Gasteiger charge is 2.31. The van der Waals surface area contributed by atoms with Crippen LogP contribution >= 0.6 is 31.0 Å². The van der Waals surface area contributed by atoms with Gasteiger partial charge in [-0.25, -0.2) is 4.39 Å². The van der Waals surface area contributed by atoms with Crippen molar-refractivity contribution in [3.63, 3.8) is 0 Å². The van der Waals surface area contributed by atoms with E-state index in [-0.39, 0.29) is 11.7 Å². The van der Waals surface area contributed by atoms with Crippen molar-refractivity contribution in [1.29, 1.82) is 0 Å². The Labute approximate surface area is 184 Å². The topological polar surface area (TPSA) is 66.4 Å². The lowest BCUT2D eigenvalue weighted by atomic mass is 9.99. The number of carbonyl (C=O) groups is 1. The molecule has 2 atom stereocenters. The zero-order valence-corrected chi connectivity index (χ0v) is 18.1. The number of thiophene rings is 1. The molecule has 1 heterocycles. The van der Waals surface area contributed by atoms with Gasteiger partial charge in [0, 0.05) is 22.1 Å². The molecule has 3 aromatic rings. The van der Waals surface area contributed by atoms with Gasteiger partial charge in [0.1, 0.15) is 5.82 Å². The van der Waals surface area contributed by atoms with Crippen molar-refractivity contribution in [1.82, 2.24) is 5.32 Å². The molecule has 2 aromatic carbocycles. The Balaban J connectivity index is 1.84. The number of alkyl halides is 3. The van der Waals surface area contributed by atoms with E-state index in [0.717, 1.165) is 29.1 Å². The molecular formula is C20H15ClF4NO3PS. The molecule has 11 heteroatoms. The lowest BCUT2D eigenvalue weighted by molar-refractivity contribution is -0.137. The molecular weight excluding hydrogens is 477 g/mol. The first-order chi connectivity index (χ1) is 14.5. The van der Waals surface area contributed by atoms with Crippen molar-refractivity contribution in [3.05, 3.63) is 75.5 Å². The smallest absolute Gasteiger partial charge is 0.346 e. The Bertz CT molecular complexity index is 1180. The molecule has 0 aliphatic heterocycles. The molecule has 2 N–H and O–H groups in total. The van der Waals surface area contributed by atoms with Gasteiger partial charge in [-0.15, -0.1) is 11.3 Å². The fourth-order valence-electron chi connectivity index (χ4n) is 3.00. The van der Waals surface area contributed by atoms with Gasteiger partial charge in [-0.1, -0.05) is 11.6 Å². The van der Waals surface area contributed by atoms with Crippen LogP contribution in [-0.2, 0) is 15.5 Å². The van der Waals surface area contributed by atoms with Gasteiger partial charge in [-0.3, -0.25) is 9.36 Å². The normalized spacial score (nSPS) is 14.1. The second-order valence-electron chi connectivity index (χ2n) is 6.59. The average Bonchev–Trinajstić information content (AvgIpc) is 3.07. The van der Waals surface area contributed by atoms with Gasteiger partial charge >= 0.3 is 6.18 Å². The molecule has 31 heavy (non-hydrogen) atoms. The fraction of sp³-hybridized carbons (Fsp3) is 0.150. The number of hydrogen-bond acceptors (Lipinski definition) is 3. The van der Waals surface area contributed by atoms with Crippen LogP contribution in [0.3, 0.4) is 0 Å². The van der Waals surface area contributed by atoms with Crippen LogP contribution in [0.5, 0.6) is 0 Å². The fourth-order valence-corrected chi connectivity index (χ4v) is 4.92. The number of hydrogen-bond donors (Lipinski definition) is 2. The van der Waals surface area contributed by atoms with Crippen LogP contribution in [0.15, 0.2) is 48.0 Å². The monoisotopic (exact) mass is 491 g/mol. The molecule has 4 nitrogen and oxygen atoms in total. The molecule has 0 radical (unpaired) electrons. The Morgan fingerprint density at radius 2 is 2.00 bits per heavy atom. The molecule has 0 aliphatic carbocycles. The minimum absolute atomic E-state index is 0.104. The van der Waals surface area contributed by atoms with E-state index in [1.807, 2.05) is 0 Å². The first kappa shape index (κ1) is 23.5. The number of amides is 1. The van der Waals surface area contributed by atoms with Crippen LogP contribution in [0, 0.1) is 5.82 Å². The van der Waals surface area contributed by atoms with E-state index in [2.05, 4.69) is 5.32 Å². The number of benzene rings is 2. The number of halogens is 5. The molecule has 0 aliphatic rings. The standard InChI is InChI=1S/C20H15ClF4NO3PS/c21-13-1-2-18-15(8-13)17(10-31-18)16(9-30(28)29)19(27)26-4-3-11-5-12(20(23,24)25)7-14(22)6-11/h1-8,10,16,30H,9H2,(H,26,27)(H,28,29)/b4-3+. The van der Waals surface area contributed by atoms with E-state index < -0.39 is 37.4 Å². The highest BCUT2D eigenvalue weighted by Crippen LogP contribution is 2.36. The van der Waals surface area contributed by atoms with Crippen molar-refractivity contribution in [2.24, 2.45) is 0 Å². The predicted octanol–water partition coefficient (Wildman–Crippen LogP) is 6.05. The zero-order chi connectivity index (χ0) is 22.8. The summed E-state index contributed by atoms with van der Waals surface area (Å²) >= 11 is 7.37. The van der Waals surface area contributed by atoms with Crippen molar-refractivity contribution < 1.29 is 31.8 Å². The summed E-state index contributed by atoms with van der Waals surface area (Å²) < 4.78 is 64.3. The molecule has 1 aromatic heterocycles. The summed E-state index contributed by atoms with van der Waals surface area (Å²) in [6, 6.07) is 7.10. The van der Waals surface area contributed by atoms with Gasteiger partial charge in [0.15, 0.2) is 8.03 Å². The maximum absolute atomic E-state index is 13.5. The summed E-state index contributed by atoms with van der Waals surface area (Å²) in [5, 5.41) is 5.20. The lowest BCUT2D eigenvalue weighted by Gasteiger charge is -2.14. The number of nitrogens with one attached hydrogen (secondary N) is 1. The summed E-state index contributed by atoms with van der Waals surface area (Å²) in [6.07, 6.45) is -2.85. The highest BCUT2D eigenvalue weighted by molar-refractivity contribution is 7.38. The molecule has 0 saturated carbocycles. The zero-order valence-electron chi connectivity index (χ0n) is 15.5. The van der Waals surface area contributed by atoms with Gasteiger partial charge in [-0.05, 0) is 64.4 Å². The number of carbonyl (C=O) groups excluding carboxylic acids is 1. The summed E-state index contributed by atoms with van der Waals surface area (Å²) in [4.78, 5) is 22.1. The van der Waals surface area contributed by atoms with Crippen LogP contribution in [0.25, 0.3) is 16.2 Å². The van der Waals surface area contributed by atoms with Gasteiger partial charge in [-0.2, -0.15) is 13.2 Å². The van der Waals surface area contributed by atoms with Crippen molar-refractivity contribution in [2.75, 3.05) is 6.16 Å². The van der Waals surface area contributed by atoms with Crippen LogP contribution < -0.4 is 5.32 Å². The SMILES string of the molecule is O=C(N/C=C/c1cc(F)cc(C(F)(F)F)c1)C(C[PH](=O)O)c1csc2ccc(Cl)cc12. The molecule has 3 rings (SSSR count). The van der Waals surface area contributed by atoms with E-state index in [9.17, 15) is 31.8 Å². The van der Waals surface area contributed by atoms with Crippen LogP contribution in [0.2, 0.25) is 5.02 Å². The molecule has 164 valence electrons. The summed E-state index contributed by atoms with van der Waals surface area (Å²) in [7, 11) is -3.02. The number of rotatable bonds is 6.